The Bertz CT molecular complexity index is 3090. The Morgan fingerprint density at radius 3 is 1.35 bits per heavy atom. The predicted octanol–water partition coefficient (Wildman–Crippen LogP) is 16.8. The topological polar surface area (TPSA) is 9.72 Å². The predicted molar refractivity (Wildman–Crippen MR) is 274 cm³/mol. The first-order valence-corrected chi connectivity index (χ1v) is 22.3. The van der Waals surface area contributed by atoms with Gasteiger partial charge < -0.3 is 14.7 Å². The summed E-state index contributed by atoms with van der Waals surface area (Å²) in [5.41, 5.74) is 18.9. The van der Waals surface area contributed by atoms with Gasteiger partial charge in [0.2, 0.25) is 0 Å². The van der Waals surface area contributed by atoms with Crippen LogP contribution in [0.15, 0.2) is 273 Å². The third-order valence-corrected chi connectivity index (χ3v) is 13.0. The summed E-state index contributed by atoms with van der Waals surface area (Å²) in [4.78, 5) is 7.24. The Hall–Kier alpha value is -8.40. The molecule has 1 spiro atoms. The minimum Gasteiger partial charge on any atom is -0.311 e. The van der Waals surface area contributed by atoms with Crippen LogP contribution < -0.4 is 14.7 Å². The molecule has 0 N–H and O–H groups in total. The van der Waals surface area contributed by atoms with Crippen LogP contribution in [0.2, 0.25) is 0 Å². The van der Waals surface area contributed by atoms with Crippen LogP contribution in [0.1, 0.15) is 23.6 Å². The van der Waals surface area contributed by atoms with E-state index in [-0.39, 0.29) is 0 Å². The van der Waals surface area contributed by atoms with Gasteiger partial charge in [0.1, 0.15) is 0 Å². The lowest BCUT2D eigenvalue weighted by Crippen LogP contribution is -2.38. The van der Waals surface area contributed by atoms with E-state index in [0.29, 0.717) is 0 Å². The summed E-state index contributed by atoms with van der Waals surface area (Å²) in [5, 5.41) is 0. The third kappa shape index (κ3) is 6.60. The molecule has 0 unspecified atom stereocenters. The second-order valence-electron chi connectivity index (χ2n) is 16.6. The largest absolute Gasteiger partial charge is 0.311 e. The zero-order valence-corrected chi connectivity index (χ0v) is 36.3. The highest BCUT2D eigenvalue weighted by molar-refractivity contribution is 6.00. The fourth-order valence-electron chi connectivity index (χ4n) is 10.3. The van der Waals surface area contributed by atoms with Gasteiger partial charge in [0, 0.05) is 39.8 Å². The van der Waals surface area contributed by atoms with Crippen LogP contribution in [0, 0.1) is 0 Å². The highest BCUT2D eigenvalue weighted by atomic mass is 15.2. The molecule has 0 radical (unpaired) electrons. The minimum atomic E-state index is -0.643. The SMILES string of the molecule is C=C/C=C\C1=C(C)C2(c3ccccc3-c3ccccc32)c2cc(-c3ccc(N(c4ccccc4)c4ccccc4)cc3)cc(N(c3ccccc3)c3ccccc3)c2N1c1ccccc1. The smallest absolute Gasteiger partial charge is 0.0750 e. The number of fused-ring (bicyclic) bond motifs is 7. The standard InChI is InChI=1S/C62H47N3/c1-3-4-38-59-45(2)62(56-36-22-20-34-54(56)55-35-21-23-37-57(55)62)58-43-47(46-39-41-53(42-40-46)63(48-24-10-5-11-25-48)49-26-12-6-13-27-49)44-60(61(58)65(59)52-32-18-9-19-33-52)64(50-28-14-7-15-29-50)51-30-16-8-17-31-51/h3-44H,1H2,2H3/b38-4-. The maximum Gasteiger partial charge on any atom is 0.0750 e. The molecule has 1 aliphatic heterocycles. The molecule has 1 heterocycles. The number of para-hydroxylation sites is 5. The van der Waals surface area contributed by atoms with E-state index in [1.807, 2.05) is 6.08 Å². The van der Waals surface area contributed by atoms with Gasteiger partial charge in [-0.3, -0.25) is 0 Å². The van der Waals surface area contributed by atoms with Crippen molar-refractivity contribution < 1.29 is 0 Å². The lowest BCUT2D eigenvalue weighted by molar-refractivity contribution is 0.717. The first kappa shape index (κ1) is 39.4. The first-order valence-electron chi connectivity index (χ1n) is 22.3. The molecule has 65 heavy (non-hydrogen) atoms. The molecule has 9 aromatic rings. The summed E-state index contributed by atoms with van der Waals surface area (Å²) in [7, 11) is 0. The van der Waals surface area contributed by atoms with Crippen LogP contribution >= 0.6 is 0 Å². The maximum absolute atomic E-state index is 4.16. The van der Waals surface area contributed by atoms with Crippen molar-refractivity contribution in [1.82, 2.24) is 0 Å². The number of allylic oxidation sites excluding steroid dienone is 4. The van der Waals surface area contributed by atoms with Gasteiger partial charge in [-0.25, -0.2) is 0 Å². The summed E-state index contributed by atoms with van der Waals surface area (Å²) in [5.74, 6) is 0. The summed E-state index contributed by atoms with van der Waals surface area (Å²) in [6.45, 7) is 6.50. The van der Waals surface area contributed by atoms with Crippen molar-refractivity contribution in [2.75, 3.05) is 14.7 Å². The lowest BCUT2D eigenvalue weighted by Gasteiger charge is -2.47. The Balaban J connectivity index is 1.26. The van der Waals surface area contributed by atoms with Gasteiger partial charge in [-0.1, -0.05) is 170 Å². The lowest BCUT2D eigenvalue weighted by atomic mass is 9.64. The molecule has 9 aromatic carbocycles. The van der Waals surface area contributed by atoms with Gasteiger partial charge in [0.05, 0.1) is 16.8 Å². The molecule has 0 saturated heterocycles. The number of hydrogen-bond donors (Lipinski definition) is 0. The van der Waals surface area contributed by atoms with Crippen LogP contribution in [0.4, 0.5) is 45.5 Å². The molecule has 0 amide bonds. The Morgan fingerprint density at radius 1 is 0.431 bits per heavy atom. The Labute approximate surface area is 382 Å². The highest BCUT2D eigenvalue weighted by Crippen LogP contribution is 2.64. The Morgan fingerprint density at radius 2 is 0.862 bits per heavy atom. The van der Waals surface area contributed by atoms with Crippen LogP contribution in [0.3, 0.4) is 0 Å². The van der Waals surface area contributed by atoms with Crippen molar-refractivity contribution in [1.29, 1.82) is 0 Å². The third-order valence-electron chi connectivity index (χ3n) is 13.0. The molecular formula is C62H47N3. The highest BCUT2D eigenvalue weighted by Gasteiger charge is 2.52. The van der Waals surface area contributed by atoms with Crippen molar-refractivity contribution in [2.45, 2.75) is 12.3 Å². The van der Waals surface area contributed by atoms with E-state index < -0.39 is 5.41 Å². The van der Waals surface area contributed by atoms with E-state index in [9.17, 15) is 0 Å². The zero-order chi connectivity index (χ0) is 43.7. The van der Waals surface area contributed by atoms with E-state index in [0.717, 1.165) is 62.3 Å². The molecule has 0 aromatic heterocycles. The molecule has 310 valence electrons. The zero-order valence-electron chi connectivity index (χ0n) is 36.3. The van der Waals surface area contributed by atoms with E-state index >= 15 is 0 Å². The van der Waals surface area contributed by atoms with Crippen molar-refractivity contribution >= 4 is 45.5 Å². The fraction of sp³-hybridized carbons (Fsp3) is 0.0323. The number of anilines is 8. The average Bonchev–Trinajstić information content (AvgIpc) is 3.67. The number of nitrogens with zero attached hydrogens (tertiary/aromatic N) is 3. The van der Waals surface area contributed by atoms with Gasteiger partial charge in [-0.05, 0) is 142 Å². The summed E-state index contributed by atoms with van der Waals surface area (Å²) in [6, 6.07) is 85.7. The number of hydrogen-bond acceptors (Lipinski definition) is 3. The summed E-state index contributed by atoms with van der Waals surface area (Å²) in [6.07, 6.45) is 6.21. The van der Waals surface area contributed by atoms with E-state index in [2.05, 4.69) is 277 Å². The first-order chi connectivity index (χ1) is 32.2. The molecule has 0 atom stereocenters. The normalized spacial score (nSPS) is 13.3. The van der Waals surface area contributed by atoms with Gasteiger partial charge in [0.25, 0.3) is 0 Å². The van der Waals surface area contributed by atoms with Gasteiger partial charge in [0.15, 0.2) is 0 Å². The second kappa shape index (κ2) is 16.7. The van der Waals surface area contributed by atoms with Crippen molar-refractivity contribution in [3.05, 3.63) is 289 Å². The van der Waals surface area contributed by atoms with Crippen LogP contribution in [-0.4, -0.2) is 0 Å². The van der Waals surface area contributed by atoms with Gasteiger partial charge in [-0.2, -0.15) is 0 Å². The van der Waals surface area contributed by atoms with E-state index in [1.165, 1.54) is 33.4 Å². The Kier molecular flexibility index (Phi) is 10.1. The molecule has 3 heteroatoms. The molecule has 0 bridgehead atoms. The second-order valence-corrected chi connectivity index (χ2v) is 16.6. The summed E-state index contributed by atoms with van der Waals surface area (Å²) >= 11 is 0. The molecule has 1 aliphatic carbocycles. The van der Waals surface area contributed by atoms with Crippen molar-refractivity contribution in [3.8, 4) is 22.3 Å². The van der Waals surface area contributed by atoms with E-state index in [4.69, 9.17) is 0 Å². The van der Waals surface area contributed by atoms with Gasteiger partial charge >= 0.3 is 0 Å². The fourth-order valence-corrected chi connectivity index (χ4v) is 10.3. The van der Waals surface area contributed by atoms with Crippen LogP contribution in [0.25, 0.3) is 22.3 Å². The van der Waals surface area contributed by atoms with E-state index in [1.54, 1.807) is 0 Å². The number of benzene rings is 9. The molecule has 2 aliphatic rings. The monoisotopic (exact) mass is 833 g/mol. The minimum absolute atomic E-state index is 0.643. The molecule has 0 fully saturated rings. The van der Waals surface area contributed by atoms with Gasteiger partial charge in [-0.15, -0.1) is 0 Å². The number of rotatable bonds is 10. The molecule has 11 rings (SSSR count). The molecular weight excluding hydrogens is 787 g/mol. The van der Waals surface area contributed by atoms with Crippen molar-refractivity contribution in [3.63, 3.8) is 0 Å². The summed E-state index contributed by atoms with van der Waals surface area (Å²) < 4.78 is 0. The molecule has 3 nitrogen and oxygen atoms in total. The average molecular weight is 834 g/mol. The van der Waals surface area contributed by atoms with Crippen molar-refractivity contribution in [2.24, 2.45) is 0 Å². The van der Waals surface area contributed by atoms with Crippen LogP contribution in [0.5, 0.6) is 0 Å². The quantitative estimate of drug-likeness (QED) is 0.127. The van der Waals surface area contributed by atoms with Crippen LogP contribution in [-0.2, 0) is 5.41 Å². The molecule has 0 saturated carbocycles. The maximum atomic E-state index is 4.16.